The maximum Gasteiger partial charge on any atom is 0.253 e. The molecule has 0 N–H and O–H groups in total. The Bertz CT molecular complexity index is 1530. The van der Waals surface area contributed by atoms with Gasteiger partial charge in [0.1, 0.15) is 11.6 Å². The standard InChI is InChI=1S/C31H31BrFN5O2/c32-24-6-3-7-26(19-24)38-28-9-2-1-8-27(28)34-29(38)21-35-14-4-5-23(20-35)31(40)37-17-15-36(16-18-37)30(39)22-10-12-25(33)13-11-22/h1-3,6-13,19,23H,4-5,14-18,20-21H2/t23-/m0/s1. The van der Waals surface area contributed by atoms with E-state index in [0.717, 1.165) is 46.4 Å². The number of piperidine rings is 1. The molecule has 2 fully saturated rings. The zero-order chi connectivity index (χ0) is 27.6. The van der Waals surface area contributed by atoms with Gasteiger partial charge in [0.15, 0.2) is 0 Å². The lowest BCUT2D eigenvalue weighted by molar-refractivity contribution is -0.139. The number of likely N-dealkylation sites (tertiary alicyclic amines) is 1. The van der Waals surface area contributed by atoms with E-state index in [1.54, 1.807) is 4.90 Å². The quantitative estimate of drug-likeness (QED) is 0.317. The van der Waals surface area contributed by atoms with Crippen LogP contribution in [0.15, 0.2) is 77.3 Å². The monoisotopic (exact) mass is 603 g/mol. The minimum atomic E-state index is -0.362. The molecule has 0 unspecified atom stereocenters. The highest BCUT2D eigenvalue weighted by atomic mass is 79.9. The molecule has 2 amide bonds. The number of imidazole rings is 1. The number of para-hydroxylation sites is 2. The van der Waals surface area contributed by atoms with Crippen molar-refractivity contribution in [3.8, 4) is 5.69 Å². The van der Waals surface area contributed by atoms with E-state index >= 15 is 0 Å². The van der Waals surface area contributed by atoms with Gasteiger partial charge in [-0.25, -0.2) is 9.37 Å². The summed E-state index contributed by atoms with van der Waals surface area (Å²) >= 11 is 3.60. The van der Waals surface area contributed by atoms with Gasteiger partial charge >= 0.3 is 0 Å². The van der Waals surface area contributed by atoms with Crippen molar-refractivity contribution in [1.29, 1.82) is 0 Å². The molecule has 2 saturated heterocycles. The third-order valence-electron chi connectivity index (χ3n) is 7.89. The van der Waals surface area contributed by atoms with Crippen molar-refractivity contribution in [2.75, 3.05) is 39.3 Å². The number of fused-ring (bicyclic) bond motifs is 1. The Morgan fingerprint density at radius 1 is 0.900 bits per heavy atom. The van der Waals surface area contributed by atoms with Crippen molar-refractivity contribution in [3.63, 3.8) is 0 Å². The molecule has 3 heterocycles. The molecule has 40 heavy (non-hydrogen) atoms. The van der Waals surface area contributed by atoms with Gasteiger partial charge in [-0.1, -0.05) is 34.1 Å². The summed E-state index contributed by atoms with van der Waals surface area (Å²) in [4.78, 5) is 37.3. The molecular weight excluding hydrogens is 573 g/mol. The Morgan fingerprint density at radius 2 is 1.65 bits per heavy atom. The van der Waals surface area contributed by atoms with E-state index in [1.165, 1.54) is 24.3 Å². The molecule has 6 rings (SSSR count). The van der Waals surface area contributed by atoms with Crippen LogP contribution in [0.25, 0.3) is 16.7 Å². The molecule has 1 aromatic heterocycles. The van der Waals surface area contributed by atoms with Gasteiger partial charge in [-0.3, -0.25) is 19.1 Å². The molecule has 2 aliphatic rings. The van der Waals surface area contributed by atoms with Crippen molar-refractivity contribution >= 4 is 38.8 Å². The zero-order valence-electron chi connectivity index (χ0n) is 22.2. The summed E-state index contributed by atoms with van der Waals surface area (Å²) in [5, 5.41) is 0. The highest BCUT2D eigenvalue weighted by Crippen LogP contribution is 2.27. The molecule has 0 saturated carbocycles. The number of rotatable bonds is 5. The second-order valence-corrected chi connectivity index (χ2v) is 11.4. The molecule has 4 aromatic rings. The molecule has 0 aliphatic carbocycles. The fourth-order valence-electron chi connectivity index (χ4n) is 5.85. The normalized spacial score (nSPS) is 18.3. The van der Waals surface area contributed by atoms with Crippen molar-refractivity contribution in [2.45, 2.75) is 19.4 Å². The van der Waals surface area contributed by atoms with Crippen LogP contribution in [-0.2, 0) is 11.3 Å². The Balaban J connectivity index is 1.12. The van der Waals surface area contributed by atoms with Gasteiger partial charge in [-0.05, 0) is 74.0 Å². The predicted octanol–water partition coefficient (Wildman–Crippen LogP) is 5.12. The van der Waals surface area contributed by atoms with Crippen LogP contribution < -0.4 is 0 Å². The van der Waals surface area contributed by atoms with E-state index in [9.17, 15) is 14.0 Å². The van der Waals surface area contributed by atoms with Crippen molar-refractivity contribution in [3.05, 3.63) is 94.5 Å². The summed E-state index contributed by atoms with van der Waals surface area (Å²) in [5.41, 5.74) is 3.54. The first-order valence-electron chi connectivity index (χ1n) is 13.7. The number of hydrogen-bond donors (Lipinski definition) is 0. The minimum absolute atomic E-state index is 0.0724. The van der Waals surface area contributed by atoms with E-state index in [4.69, 9.17) is 4.98 Å². The molecule has 0 spiro atoms. The molecule has 9 heteroatoms. The zero-order valence-corrected chi connectivity index (χ0v) is 23.8. The first-order chi connectivity index (χ1) is 19.5. The summed E-state index contributed by atoms with van der Waals surface area (Å²) in [6.07, 6.45) is 1.82. The topological polar surface area (TPSA) is 61.7 Å². The van der Waals surface area contributed by atoms with Crippen molar-refractivity contribution in [2.24, 2.45) is 5.92 Å². The maximum absolute atomic E-state index is 13.5. The van der Waals surface area contributed by atoms with E-state index in [2.05, 4.69) is 43.6 Å². The summed E-state index contributed by atoms with van der Waals surface area (Å²) in [5.74, 6) is 0.569. The molecular formula is C31H31BrFN5O2. The van der Waals surface area contributed by atoms with E-state index in [1.807, 2.05) is 35.2 Å². The Morgan fingerprint density at radius 3 is 2.42 bits per heavy atom. The van der Waals surface area contributed by atoms with Crippen molar-refractivity contribution in [1.82, 2.24) is 24.3 Å². The SMILES string of the molecule is O=C(c1ccc(F)cc1)N1CCN(C(=O)[C@H]2CCCN(Cc3nc4ccccc4n3-c3cccc(Br)c3)C2)CC1. The van der Waals surface area contributed by atoms with Crippen LogP contribution in [0.1, 0.15) is 29.0 Å². The lowest BCUT2D eigenvalue weighted by Crippen LogP contribution is -2.53. The van der Waals surface area contributed by atoms with Gasteiger partial charge in [-0.15, -0.1) is 0 Å². The van der Waals surface area contributed by atoms with Gasteiger partial charge in [0, 0.05) is 48.4 Å². The number of halogens is 2. The van der Waals surface area contributed by atoms with Gasteiger partial charge in [0.25, 0.3) is 5.91 Å². The van der Waals surface area contributed by atoms with Crippen LogP contribution in [0, 0.1) is 11.7 Å². The second kappa shape index (κ2) is 11.5. The fourth-order valence-corrected chi connectivity index (χ4v) is 6.24. The van der Waals surface area contributed by atoms with Gasteiger partial charge in [0.2, 0.25) is 5.91 Å². The summed E-state index contributed by atoms with van der Waals surface area (Å²) in [6.45, 7) is 4.26. The van der Waals surface area contributed by atoms with Crippen LogP contribution in [-0.4, -0.2) is 75.3 Å². The number of carbonyl (C=O) groups excluding carboxylic acids is 2. The Kier molecular flexibility index (Phi) is 7.67. The highest BCUT2D eigenvalue weighted by molar-refractivity contribution is 9.10. The highest BCUT2D eigenvalue weighted by Gasteiger charge is 2.32. The number of hydrogen-bond acceptors (Lipinski definition) is 4. The van der Waals surface area contributed by atoms with Crippen LogP contribution in [0.5, 0.6) is 0 Å². The molecule has 0 bridgehead atoms. The number of carbonyl (C=O) groups is 2. The van der Waals surface area contributed by atoms with E-state index in [-0.39, 0.29) is 23.5 Å². The molecule has 206 valence electrons. The number of benzene rings is 3. The first-order valence-corrected chi connectivity index (χ1v) is 14.5. The largest absolute Gasteiger partial charge is 0.339 e. The summed E-state index contributed by atoms with van der Waals surface area (Å²) in [7, 11) is 0. The molecule has 7 nitrogen and oxygen atoms in total. The second-order valence-electron chi connectivity index (χ2n) is 10.5. The van der Waals surface area contributed by atoms with Gasteiger partial charge in [-0.2, -0.15) is 0 Å². The summed E-state index contributed by atoms with van der Waals surface area (Å²) in [6, 6.07) is 22.0. The van der Waals surface area contributed by atoms with Gasteiger partial charge < -0.3 is 9.80 Å². The Labute approximate surface area is 241 Å². The van der Waals surface area contributed by atoms with E-state index in [0.29, 0.717) is 44.8 Å². The van der Waals surface area contributed by atoms with Crippen LogP contribution >= 0.6 is 15.9 Å². The Hall–Kier alpha value is -3.56. The lowest BCUT2D eigenvalue weighted by atomic mass is 9.96. The number of amides is 2. The number of nitrogens with zero attached hydrogens (tertiary/aromatic N) is 5. The molecule has 1 atom stereocenters. The van der Waals surface area contributed by atoms with Crippen LogP contribution in [0.2, 0.25) is 0 Å². The maximum atomic E-state index is 13.5. The summed E-state index contributed by atoms with van der Waals surface area (Å²) < 4.78 is 16.5. The molecule has 2 aliphatic heterocycles. The lowest BCUT2D eigenvalue weighted by Gasteiger charge is -2.39. The fraction of sp³-hybridized carbons (Fsp3) is 0.323. The van der Waals surface area contributed by atoms with E-state index < -0.39 is 0 Å². The predicted molar refractivity (Wildman–Crippen MR) is 156 cm³/mol. The number of piperazine rings is 1. The third kappa shape index (κ3) is 5.53. The van der Waals surface area contributed by atoms with Crippen molar-refractivity contribution < 1.29 is 14.0 Å². The number of aromatic nitrogens is 2. The molecule has 0 radical (unpaired) electrons. The van der Waals surface area contributed by atoms with Gasteiger partial charge in [0.05, 0.1) is 23.5 Å². The van der Waals surface area contributed by atoms with Crippen LogP contribution in [0.4, 0.5) is 4.39 Å². The minimum Gasteiger partial charge on any atom is -0.339 e. The average molecular weight is 605 g/mol. The smallest absolute Gasteiger partial charge is 0.253 e. The first kappa shape index (κ1) is 26.7. The average Bonchev–Trinajstić information content (AvgIpc) is 3.35. The van der Waals surface area contributed by atoms with Crippen LogP contribution in [0.3, 0.4) is 0 Å². The third-order valence-corrected chi connectivity index (χ3v) is 8.38. The molecule has 3 aromatic carbocycles.